The topological polar surface area (TPSA) is 83.8 Å². The minimum atomic E-state index is -0.250. The summed E-state index contributed by atoms with van der Waals surface area (Å²) >= 11 is 0. The molecule has 0 bridgehead atoms. The first-order chi connectivity index (χ1) is 10.2. The molecule has 0 aromatic heterocycles. The molecule has 2 aromatic carbocycles. The van der Waals surface area contributed by atoms with Crippen molar-refractivity contribution in [3.05, 3.63) is 59.7 Å². The third kappa shape index (κ3) is 7.49. The number of aryl methyl sites for hydroxylation is 1. The van der Waals surface area contributed by atoms with E-state index < -0.39 is 0 Å². The first kappa shape index (κ1) is 18.3. The second-order valence-corrected chi connectivity index (χ2v) is 3.71. The van der Waals surface area contributed by atoms with Crippen LogP contribution in [0, 0.1) is 6.92 Å². The highest BCUT2D eigenvalue weighted by Crippen LogP contribution is 2.21. The molecule has 0 unspecified atom stereocenters. The summed E-state index contributed by atoms with van der Waals surface area (Å²) in [5.74, 6) is 1.53. The minimum absolute atomic E-state index is 0.250. The molecule has 0 heterocycles. The first-order valence-corrected chi connectivity index (χ1v) is 6.02. The Morgan fingerprint density at radius 2 is 1.24 bits per heavy atom. The van der Waals surface area contributed by atoms with Gasteiger partial charge < -0.3 is 14.9 Å². The van der Waals surface area contributed by atoms with E-state index in [0.29, 0.717) is 5.56 Å². The molecule has 2 N–H and O–H groups in total. The molecule has 2 aromatic rings. The van der Waals surface area contributed by atoms with E-state index in [4.69, 9.17) is 19.7 Å². The van der Waals surface area contributed by atoms with Gasteiger partial charge in [-0.15, -0.1) is 0 Å². The fourth-order valence-electron chi connectivity index (χ4n) is 1.36. The molecular formula is C16H18O5. The molecule has 0 amide bonds. The zero-order valence-corrected chi connectivity index (χ0v) is 11.9. The summed E-state index contributed by atoms with van der Waals surface area (Å²) in [6, 6.07) is 14.9. The van der Waals surface area contributed by atoms with E-state index in [-0.39, 0.29) is 6.47 Å². The molecule has 112 valence electrons. The number of carbonyl (C=O) groups is 2. The maximum absolute atomic E-state index is 10.5. The van der Waals surface area contributed by atoms with Gasteiger partial charge >= 0.3 is 0 Å². The van der Waals surface area contributed by atoms with Crippen LogP contribution in [-0.2, 0) is 4.79 Å². The lowest BCUT2D eigenvalue weighted by Gasteiger charge is -2.05. The lowest BCUT2D eigenvalue weighted by atomic mass is 10.2. The van der Waals surface area contributed by atoms with Gasteiger partial charge in [0.05, 0.1) is 0 Å². The Labute approximate surface area is 123 Å². The Hall–Kier alpha value is -2.66. The summed E-state index contributed by atoms with van der Waals surface area (Å²) in [5.41, 5.74) is 1.85. The monoisotopic (exact) mass is 290 g/mol. The molecule has 2 rings (SSSR count). The number of aliphatic hydroxyl groups excluding tert-OH is 1. The summed E-state index contributed by atoms with van der Waals surface area (Å²) < 4.78 is 5.62. The first-order valence-electron chi connectivity index (χ1n) is 6.02. The van der Waals surface area contributed by atoms with Crippen molar-refractivity contribution in [3.8, 4) is 11.5 Å². The fourth-order valence-corrected chi connectivity index (χ4v) is 1.36. The average Bonchev–Trinajstić information content (AvgIpc) is 2.53. The second kappa shape index (κ2) is 11.2. The largest absolute Gasteiger partial charge is 0.483 e. The standard InChI is InChI=1S/C14H12O2.CH2O2.CH4O/c1-11-2-6-13(7-3-11)16-14-8-4-12(10-15)5-9-14;2-1-3;1-2/h2-10H,1H3;1H,(H,2,3);2H,1H3. The number of hydrogen-bond donors (Lipinski definition) is 2. The van der Waals surface area contributed by atoms with Crippen molar-refractivity contribution in [1.82, 2.24) is 0 Å². The normalized spacial score (nSPS) is 8.33. The lowest BCUT2D eigenvalue weighted by Crippen LogP contribution is -1.85. The van der Waals surface area contributed by atoms with Crippen LogP contribution in [0.2, 0.25) is 0 Å². The van der Waals surface area contributed by atoms with Gasteiger partial charge in [0.25, 0.3) is 6.47 Å². The van der Waals surface area contributed by atoms with Crippen LogP contribution in [0.15, 0.2) is 48.5 Å². The molecule has 5 nitrogen and oxygen atoms in total. The maximum atomic E-state index is 10.5. The molecule has 0 fully saturated rings. The van der Waals surface area contributed by atoms with E-state index in [1.807, 2.05) is 31.2 Å². The van der Waals surface area contributed by atoms with Crippen molar-refractivity contribution in [2.75, 3.05) is 7.11 Å². The van der Waals surface area contributed by atoms with E-state index in [2.05, 4.69) is 0 Å². The Kier molecular flexibility index (Phi) is 9.77. The lowest BCUT2D eigenvalue weighted by molar-refractivity contribution is -0.122. The number of benzene rings is 2. The SMILES string of the molecule is CO.Cc1ccc(Oc2ccc(C=O)cc2)cc1.O=CO. The van der Waals surface area contributed by atoms with Crippen LogP contribution in [0.1, 0.15) is 15.9 Å². The quantitative estimate of drug-likeness (QED) is 0.849. The molecule has 0 aliphatic rings. The number of carbonyl (C=O) groups excluding carboxylic acids is 1. The van der Waals surface area contributed by atoms with E-state index in [9.17, 15) is 4.79 Å². The second-order valence-electron chi connectivity index (χ2n) is 3.71. The smallest absolute Gasteiger partial charge is 0.290 e. The molecule has 0 aliphatic heterocycles. The van der Waals surface area contributed by atoms with Gasteiger partial charge in [0.1, 0.15) is 17.8 Å². The van der Waals surface area contributed by atoms with Crippen LogP contribution in [0.5, 0.6) is 11.5 Å². The van der Waals surface area contributed by atoms with Gasteiger partial charge in [-0.25, -0.2) is 0 Å². The fraction of sp³-hybridized carbons (Fsp3) is 0.125. The Bertz CT molecular complexity index is 517. The van der Waals surface area contributed by atoms with Gasteiger partial charge in [-0.2, -0.15) is 0 Å². The van der Waals surface area contributed by atoms with E-state index in [1.165, 1.54) is 5.56 Å². The van der Waals surface area contributed by atoms with Gasteiger partial charge in [0, 0.05) is 12.7 Å². The van der Waals surface area contributed by atoms with Gasteiger partial charge in [-0.05, 0) is 43.3 Å². The molecule has 5 heteroatoms. The highest BCUT2D eigenvalue weighted by Gasteiger charge is 1.97. The third-order valence-electron chi connectivity index (χ3n) is 2.27. The third-order valence-corrected chi connectivity index (χ3v) is 2.27. The van der Waals surface area contributed by atoms with Crippen LogP contribution < -0.4 is 4.74 Å². The molecule has 0 radical (unpaired) electrons. The van der Waals surface area contributed by atoms with Crippen molar-refractivity contribution < 1.29 is 24.5 Å². The van der Waals surface area contributed by atoms with Crippen molar-refractivity contribution in [2.45, 2.75) is 6.92 Å². The summed E-state index contributed by atoms with van der Waals surface area (Å²) in [7, 11) is 1.00. The zero-order chi connectivity index (χ0) is 16.1. The van der Waals surface area contributed by atoms with Crippen molar-refractivity contribution in [2.24, 2.45) is 0 Å². The van der Waals surface area contributed by atoms with Gasteiger partial charge in [0.15, 0.2) is 0 Å². The molecule has 0 spiro atoms. The number of aliphatic hydroxyl groups is 1. The highest BCUT2D eigenvalue weighted by molar-refractivity contribution is 5.74. The van der Waals surface area contributed by atoms with Crippen LogP contribution in [-0.4, -0.2) is 30.1 Å². The van der Waals surface area contributed by atoms with E-state index in [1.54, 1.807) is 24.3 Å². The minimum Gasteiger partial charge on any atom is -0.483 e. The summed E-state index contributed by atoms with van der Waals surface area (Å²) in [5, 5.41) is 13.9. The average molecular weight is 290 g/mol. The Morgan fingerprint density at radius 1 is 0.857 bits per heavy atom. The van der Waals surface area contributed by atoms with Crippen molar-refractivity contribution >= 4 is 12.8 Å². The molecule has 0 atom stereocenters. The van der Waals surface area contributed by atoms with Crippen molar-refractivity contribution in [3.63, 3.8) is 0 Å². The van der Waals surface area contributed by atoms with Crippen molar-refractivity contribution in [1.29, 1.82) is 0 Å². The predicted octanol–water partition coefficient (Wildman–Crippen LogP) is 2.91. The molecule has 21 heavy (non-hydrogen) atoms. The predicted molar refractivity (Wildman–Crippen MR) is 79.9 cm³/mol. The van der Waals surface area contributed by atoms with Crippen LogP contribution >= 0.6 is 0 Å². The number of hydrogen-bond acceptors (Lipinski definition) is 4. The van der Waals surface area contributed by atoms with Gasteiger partial charge in [0.2, 0.25) is 0 Å². The Balaban J connectivity index is 0.000000713. The zero-order valence-electron chi connectivity index (χ0n) is 11.9. The summed E-state index contributed by atoms with van der Waals surface area (Å²) in [6.45, 7) is 1.78. The van der Waals surface area contributed by atoms with E-state index >= 15 is 0 Å². The number of aldehydes is 1. The van der Waals surface area contributed by atoms with Gasteiger partial charge in [-0.1, -0.05) is 17.7 Å². The van der Waals surface area contributed by atoms with Crippen LogP contribution in [0.4, 0.5) is 0 Å². The van der Waals surface area contributed by atoms with Gasteiger partial charge in [-0.3, -0.25) is 9.59 Å². The summed E-state index contributed by atoms with van der Waals surface area (Å²) in [4.78, 5) is 18.8. The number of rotatable bonds is 3. The summed E-state index contributed by atoms with van der Waals surface area (Å²) in [6.07, 6.45) is 0.815. The highest BCUT2D eigenvalue weighted by atomic mass is 16.5. The maximum Gasteiger partial charge on any atom is 0.290 e. The molecular weight excluding hydrogens is 272 g/mol. The van der Waals surface area contributed by atoms with Crippen LogP contribution in [0.3, 0.4) is 0 Å². The number of carboxylic acid groups (broad SMARTS) is 1. The molecule has 0 saturated carbocycles. The van der Waals surface area contributed by atoms with E-state index in [0.717, 1.165) is 24.9 Å². The Morgan fingerprint density at radius 3 is 1.62 bits per heavy atom. The van der Waals surface area contributed by atoms with Crippen LogP contribution in [0.25, 0.3) is 0 Å². The molecule has 0 aliphatic carbocycles. The molecule has 0 saturated heterocycles. The number of ether oxygens (including phenoxy) is 1.